The molecule has 0 fully saturated rings. The first-order valence-electron chi connectivity index (χ1n) is 6.75. The first kappa shape index (κ1) is 14.3. The molecule has 3 aromatic rings. The summed E-state index contributed by atoms with van der Waals surface area (Å²) in [7, 11) is 0. The first-order chi connectivity index (χ1) is 10.6. The Labute approximate surface area is 131 Å². The fraction of sp³-hybridized carbons (Fsp3) is 0.133. The SMILES string of the molecule is O=[N+]([O-])c1ccc(Cl)nc1NCCc1c[nH]c2ccccc12. The molecular weight excluding hydrogens is 304 g/mol. The van der Waals surface area contributed by atoms with Crippen LogP contribution in [0.5, 0.6) is 0 Å². The van der Waals surface area contributed by atoms with Crippen LogP contribution in [0.4, 0.5) is 11.5 Å². The number of aromatic nitrogens is 2. The van der Waals surface area contributed by atoms with E-state index in [-0.39, 0.29) is 16.7 Å². The highest BCUT2D eigenvalue weighted by molar-refractivity contribution is 6.29. The number of nitro groups is 1. The van der Waals surface area contributed by atoms with Crippen LogP contribution in [-0.4, -0.2) is 21.4 Å². The topological polar surface area (TPSA) is 83.8 Å². The van der Waals surface area contributed by atoms with Gasteiger partial charge in [0, 0.05) is 29.7 Å². The van der Waals surface area contributed by atoms with Gasteiger partial charge in [-0.15, -0.1) is 0 Å². The van der Waals surface area contributed by atoms with Crippen LogP contribution in [0.2, 0.25) is 5.15 Å². The van der Waals surface area contributed by atoms with E-state index in [1.54, 1.807) is 0 Å². The molecule has 3 rings (SSSR count). The van der Waals surface area contributed by atoms with Gasteiger partial charge in [-0.2, -0.15) is 0 Å². The van der Waals surface area contributed by atoms with Crippen molar-refractivity contribution in [3.8, 4) is 0 Å². The van der Waals surface area contributed by atoms with Crippen molar-refractivity contribution in [2.45, 2.75) is 6.42 Å². The van der Waals surface area contributed by atoms with Gasteiger partial charge in [0.2, 0.25) is 5.82 Å². The van der Waals surface area contributed by atoms with E-state index in [1.807, 2.05) is 30.5 Å². The van der Waals surface area contributed by atoms with Gasteiger partial charge in [0.1, 0.15) is 5.15 Å². The Morgan fingerprint density at radius 2 is 2.09 bits per heavy atom. The van der Waals surface area contributed by atoms with Crippen LogP contribution in [0, 0.1) is 10.1 Å². The number of H-pyrrole nitrogens is 1. The molecule has 2 N–H and O–H groups in total. The highest BCUT2D eigenvalue weighted by Crippen LogP contribution is 2.24. The summed E-state index contributed by atoms with van der Waals surface area (Å²) in [6, 6.07) is 10.8. The second-order valence-electron chi connectivity index (χ2n) is 4.80. The Morgan fingerprint density at radius 3 is 2.91 bits per heavy atom. The summed E-state index contributed by atoms with van der Waals surface area (Å²) in [4.78, 5) is 17.7. The minimum Gasteiger partial charge on any atom is -0.364 e. The zero-order valence-corrected chi connectivity index (χ0v) is 12.3. The number of para-hydroxylation sites is 1. The monoisotopic (exact) mass is 316 g/mol. The standard InChI is InChI=1S/C15H13ClN4O2/c16-14-6-5-13(20(21)22)15(19-14)17-8-7-10-9-18-12-4-2-1-3-11(10)12/h1-6,9,18H,7-8H2,(H,17,19). The van der Waals surface area contributed by atoms with E-state index >= 15 is 0 Å². The molecule has 0 radical (unpaired) electrons. The largest absolute Gasteiger partial charge is 0.364 e. The molecule has 6 nitrogen and oxygen atoms in total. The van der Waals surface area contributed by atoms with Gasteiger partial charge in [-0.1, -0.05) is 29.8 Å². The lowest BCUT2D eigenvalue weighted by atomic mass is 10.1. The summed E-state index contributed by atoms with van der Waals surface area (Å²) in [5.74, 6) is 0.192. The van der Waals surface area contributed by atoms with Gasteiger partial charge in [-0.05, 0) is 24.1 Å². The smallest absolute Gasteiger partial charge is 0.311 e. The van der Waals surface area contributed by atoms with Gasteiger partial charge < -0.3 is 10.3 Å². The van der Waals surface area contributed by atoms with Crippen molar-refractivity contribution in [3.63, 3.8) is 0 Å². The number of halogens is 1. The third kappa shape index (κ3) is 2.87. The fourth-order valence-electron chi connectivity index (χ4n) is 2.36. The molecule has 2 heterocycles. The number of hydrogen-bond donors (Lipinski definition) is 2. The molecule has 0 aliphatic rings. The first-order valence-corrected chi connectivity index (χ1v) is 7.13. The number of fused-ring (bicyclic) bond motifs is 1. The van der Waals surface area contributed by atoms with Crippen LogP contribution < -0.4 is 5.32 Å². The van der Waals surface area contributed by atoms with E-state index < -0.39 is 4.92 Å². The minimum atomic E-state index is -0.475. The van der Waals surface area contributed by atoms with Gasteiger partial charge in [-0.25, -0.2) is 4.98 Å². The zero-order valence-electron chi connectivity index (χ0n) is 11.5. The Hall–Kier alpha value is -2.60. The third-order valence-electron chi connectivity index (χ3n) is 3.40. The predicted octanol–water partition coefficient (Wildman–Crippen LogP) is 3.78. The molecule has 2 aromatic heterocycles. The average Bonchev–Trinajstić information content (AvgIpc) is 2.91. The molecule has 0 saturated carbocycles. The molecule has 0 amide bonds. The average molecular weight is 317 g/mol. The van der Waals surface area contributed by atoms with Crippen molar-refractivity contribution in [2.75, 3.05) is 11.9 Å². The lowest BCUT2D eigenvalue weighted by Gasteiger charge is -2.06. The van der Waals surface area contributed by atoms with Crippen molar-refractivity contribution in [1.29, 1.82) is 0 Å². The number of hydrogen-bond acceptors (Lipinski definition) is 4. The summed E-state index contributed by atoms with van der Waals surface area (Å²) in [6.45, 7) is 0.524. The maximum absolute atomic E-state index is 11.0. The van der Waals surface area contributed by atoms with Gasteiger partial charge in [-0.3, -0.25) is 10.1 Å². The summed E-state index contributed by atoms with van der Waals surface area (Å²) < 4.78 is 0. The number of nitrogens with zero attached hydrogens (tertiary/aromatic N) is 2. The number of aromatic amines is 1. The summed E-state index contributed by atoms with van der Waals surface area (Å²) >= 11 is 5.80. The number of anilines is 1. The molecular formula is C15H13ClN4O2. The third-order valence-corrected chi connectivity index (χ3v) is 3.61. The Kier molecular flexibility index (Phi) is 3.93. The van der Waals surface area contributed by atoms with E-state index in [9.17, 15) is 10.1 Å². The Bertz CT molecular complexity index is 831. The summed E-state index contributed by atoms with van der Waals surface area (Å²) in [6.07, 6.45) is 2.67. The van der Waals surface area contributed by atoms with Crippen molar-refractivity contribution >= 4 is 34.0 Å². The molecule has 0 bridgehead atoms. The normalized spacial score (nSPS) is 10.8. The van der Waals surface area contributed by atoms with E-state index in [2.05, 4.69) is 15.3 Å². The Balaban J connectivity index is 1.73. The van der Waals surface area contributed by atoms with E-state index in [1.165, 1.54) is 12.1 Å². The number of benzene rings is 1. The molecule has 0 aliphatic carbocycles. The Morgan fingerprint density at radius 1 is 1.27 bits per heavy atom. The molecule has 0 aliphatic heterocycles. The molecule has 22 heavy (non-hydrogen) atoms. The lowest BCUT2D eigenvalue weighted by Crippen LogP contribution is -2.08. The fourth-order valence-corrected chi connectivity index (χ4v) is 2.51. The van der Waals surface area contributed by atoms with Crippen molar-refractivity contribution < 1.29 is 4.92 Å². The van der Waals surface area contributed by atoms with Crippen LogP contribution in [0.25, 0.3) is 10.9 Å². The van der Waals surface area contributed by atoms with Crippen LogP contribution in [0.15, 0.2) is 42.6 Å². The highest BCUT2D eigenvalue weighted by atomic mass is 35.5. The van der Waals surface area contributed by atoms with Crippen molar-refractivity contribution in [1.82, 2.24) is 9.97 Å². The van der Waals surface area contributed by atoms with Crippen molar-refractivity contribution in [3.05, 3.63) is 63.4 Å². The molecule has 0 saturated heterocycles. The number of pyridine rings is 1. The molecule has 0 spiro atoms. The highest BCUT2D eigenvalue weighted by Gasteiger charge is 2.15. The minimum absolute atomic E-state index is 0.0803. The molecule has 0 unspecified atom stereocenters. The zero-order chi connectivity index (χ0) is 15.5. The van der Waals surface area contributed by atoms with Gasteiger partial charge >= 0.3 is 5.69 Å². The second-order valence-corrected chi connectivity index (χ2v) is 5.18. The maximum Gasteiger partial charge on any atom is 0.311 e. The predicted molar refractivity (Wildman–Crippen MR) is 86.4 cm³/mol. The summed E-state index contributed by atoms with van der Waals surface area (Å²) in [5.41, 5.74) is 2.14. The van der Waals surface area contributed by atoms with Crippen molar-refractivity contribution in [2.24, 2.45) is 0 Å². The van der Waals surface area contributed by atoms with Crippen LogP contribution >= 0.6 is 11.6 Å². The molecule has 7 heteroatoms. The van der Waals surface area contributed by atoms with E-state index in [4.69, 9.17) is 11.6 Å². The van der Waals surface area contributed by atoms with Crippen LogP contribution in [0.3, 0.4) is 0 Å². The molecule has 112 valence electrons. The van der Waals surface area contributed by atoms with E-state index in [0.29, 0.717) is 6.54 Å². The van der Waals surface area contributed by atoms with Gasteiger partial charge in [0.05, 0.1) is 4.92 Å². The van der Waals surface area contributed by atoms with Crippen LogP contribution in [-0.2, 0) is 6.42 Å². The number of nitrogens with one attached hydrogen (secondary N) is 2. The maximum atomic E-state index is 11.0. The summed E-state index contributed by atoms with van der Waals surface area (Å²) in [5, 5.41) is 15.3. The van der Waals surface area contributed by atoms with Crippen LogP contribution in [0.1, 0.15) is 5.56 Å². The molecule has 0 atom stereocenters. The quantitative estimate of drug-likeness (QED) is 0.426. The second kappa shape index (κ2) is 6.03. The molecule has 1 aromatic carbocycles. The van der Waals surface area contributed by atoms with Gasteiger partial charge in [0.15, 0.2) is 0 Å². The lowest BCUT2D eigenvalue weighted by molar-refractivity contribution is -0.384. The van der Waals surface area contributed by atoms with Gasteiger partial charge in [0.25, 0.3) is 0 Å². The number of rotatable bonds is 5. The van der Waals surface area contributed by atoms with E-state index in [0.717, 1.165) is 22.9 Å².